The largest absolute Gasteiger partial charge is 0.489 e. The van der Waals surface area contributed by atoms with Crippen LogP contribution in [0.15, 0.2) is 66.9 Å². The fraction of sp³-hybridized carbons (Fsp3) is 0.345. The van der Waals surface area contributed by atoms with Crippen LogP contribution in [0.5, 0.6) is 5.75 Å². The minimum atomic E-state index is -1.05. The monoisotopic (exact) mass is 519 g/mol. The fourth-order valence-corrected chi connectivity index (χ4v) is 4.79. The SMILES string of the molecule is O=C(NC(CN1CCCC1)C(O)c1ccc(OC2CC2)c(Cl)c1)C(=O)c1ccc(-c2ccccn2)cc1. The van der Waals surface area contributed by atoms with Gasteiger partial charge in [-0.2, -0.15) is 0 Å². The molecule has 8 heteroatoms. The number of aromatic nitrogens is 1. The number of ketones is 1. The van der Waals surface area contributed by atoms with Crippen LogP contribution in [-0.4, -0.2) is 58.5 Å². The van der Waals surface area contributed by atoms with Crippen molar-refractivity contribution in [2.75, 3.05) is 19.6 Å². The van der Waals surface area contributed by atoms with Gasteiger partial charge in [0, 0.05) is 23.9 Å². The lowest BCUT2D eigenvalue weighted by molar-refractivity contribution is -0.118. The highest BCUT2D eigenvalue weighted by atomic mass is 35.5. The number of benzene rings is 2. The third kappa shape index (κ3) is 6.36. The molecule has 1 amide bonds. The zero-order chi connectivity index (χ0) is 25.8. The first kappa shape index (κ1) is 25.4. The molecule has 5 rings (SSSR count). The number of Topliss-reactive ketones (excluding diaryl/α,β-unsaturated/α-hetero) is 1. The van der Waals surface area contributed by atoms with Gasteiger partial charge in [0.25, 0.3) is 5.91 Å². The summed E-state index contributed by atoms with van der Waals surface area (Å²) in [6.07, 6.45) is 5.04. The number of rotatable bonds is 10. The third-order valence-corrected chi connectivity index (χ3v) is 7.08. The standard InChI is InChI=1S/C29H30ClN3O4/c30-23-17-21(10-13-26(23)37-22-11-12-22)27(34)25(18-33-15-3-4-16-33)32-29(36)28(35)20-8-6-19(7-9-20)24-5-1-2-14-31-24/h1-2,5-10,13-14,17,22,25,27,34H,3-4,11-12,15-16,18H2,(H,32,36). The first-order valence-electron chi connectivity index (χ1n) is 12.7. The van der Waals surface area contributed by atoms with Crippen molar-refractivity contribution in [1.29, 1.82) is 0 Å². The van der Waals surface area contributed by atoms with Crippen molar-refractivity contribution in [2.24, 2.45) is 0 Å². The number of nitrogens with zero attached hydrogens (tertiary/aromatic N) is 2. The number of halogens is 1. The van der Waals surface area contributed by atoms with Crippen LogP contribution in [0.4, 0.5) is 0 Å². The van der Waals surface area contributed by atoms with Gasteiger partial charge in [-0.3, -0.25) is 14.6 Å². The Morgan fingerprint density at radius 3 is 2.49 bits per heavy atom. The molecule has 2 aromatic carbocycles. The van der Waals surface area contributed by atoms with E-state index in [2.05, 4.69) is 15.2 Å². The third-order valence-electron chi connectivity index (χ3n) is 6.78. The van der Waals surface area contributed by atoms with Gasteiger partial charge in [-0.1, -0.05) is 48.0 Å². The maximum atomic E-state index is 13.0. The number of aliphatic hydroxyl groups is 1. The molecule has 1 aliphatic carbocycles. The molecule has 2 unspecified atom stereocenters. The number of carbonyl (C=O) groups is 2. The van der Waals surface area contributed by atoms with Gasteiger partial charge in [-0.05, 0) is 68.6 Å². The van der Waals surface area contributed by atoms with E-state index in [1.807, 2.05) is 18.2 Å². The van der Waals surface area contributed by atoms with Crippen LogP contribution in [0.2, 0.25) is 5.02 Å². The van der Waals surface area contributed by atoms with Crippen LogP contribution < -0.4 is 10.1 Å². The van der Waals surface area contributed by atoms with E-state index in [-0.39, 0.29) is 11.7 Å². The molecule has 2 heterocycles. The van der Waals surface area contributed by atoms with E-state index in [9.17, 15) is 14.7 Å². The Balaban J connectivity index is 1.30. The first-order valence-corrected chi connectivity index (χ1v) is 13.1. The Bertz CT molecular complexity index is 1240. The smallest absolute Gasteiger partial charge is 0.292 e. The molecule has 37 heavy (non-hydrogen) atoms. The van der Waals surface area contributed by atoms with Gasteiger partial charge in [0.05, 0.1) is 22.9 Å². The molecule has 192 valence electrons. The van der Waals surface area contributed by atoms with Crippen molar-refractivity contribution in [3.05, 3.63) is 83.0 Å². The number of amides is 1. The number of carbonyl (C=O) groups excluding carboxylic acids is 2. The summed E-state index contributed by atoms with van der Waals surface area (Å²) in [5, 5.41) is 14.5. The van der Waals surface area contributed by atoms with Gasteiger partial charge in [-0.25, -0.2) is 0 Å². The zero-order valence-corrected chi connectivity index (χ0v) is 21.2. The highest BCUT2D eigenvalue weighted by molar-refractivity contribution is 6.42. The molecule has 2 aliphatic rings. The number of hydrogen-bond donors (Lipinski definition) is 2. The van der Waals surface area contributed by atoms with Gasteiger partial charge in [0.1, 0.15) is 11.9 Å². The second kappa shape index (κ2) is 11.4. The summed E-state index contributed by atoms with van der Waals surface area (Å²) in [7, 11) is 0. The maximum Gasteiger partial charge on any atom is 0.292 e. The summed E-state index contributed by atoms with van der Waals surface area (Å²) < 4.78 is 5.80. The summed E-state index contributed by atoms with van der Waals surface area (Å²) in [5.74, 6) is -0.824. The Kier molecular flexibility index (Phi) is 7.84. The molecule has 1 saturated carbocycles. The average Bonchev–Trinajstić information content (AvgIpc) is 3.60. The van der Waals surface area contributed by atoms with Crippen LogP contribution >= 0.6 is 11.6 Å². The molecule has 1 aromatic heterocycles. The lowest BCUT2D eigenvalue weighted by Gasteiger charge is -2.28. The number of nitrogens with one attached hydrogen (secondary N) is 1. The van der Waals surface area contributed by atoms with E-state index < -0.39 is 23.8 Å². The van der Waals surface area contributed by atoms with Crippen molar-refractivity contribution in [1.82, 2.24) is 15.2 Å². The fourth-order valence-electron chi connectivity index (χ4n) is 4.55. The molecule has 0 bridgehead atoms. The van der Waals surface area contributed by atoms with Crippen LogP contribution in [0, 0.1) is 0 Å². The maximum absolute atomic E-state index is 13.0. The molecule has 7 nitrogen and oxygen atoms in total. The lowest BCUT2D eigenvalue weighted by Crippen LogP contribution is -2.48. The summed E-state index contributed by atoms with van der Waals surface area (Å²) in [4.78, 5) is 32.5. The molecule has 2 N–H and O–H groups in total. The van der Waals surface area contributed by atoms with Crippen LogP contribution in [-0.2, 0) is 4.79 Å². The number of pyridine rings is 1. The van der Waals surface area contributed by atoms with Crippen molar-refractivity contribution < 1.29 is 19.4 Å². The molecule has 1 aliphatic heterocycles. The van der Waals surface area contributed by atoms with Crippen LogP contribution in [0.3, 0.4) is 0 Å². The Hall–Kier alpha value is -3.26. The van der Waals surface area contributed by atoms with E-state index in [1.54, 1.807) is 48.7 Å². The number of hydrogen-bond acceptors (Lipinski definition) is 6. The van der Waals surface area contributed by atoms with Gasteiger partial charge >= 0.3 is 0 Å². The number of ether oxygens (including phenoxy) is 1. The Morgan fingerprint density at radius 2 is 1.84 bits per heavy atom. The number of likely N-dealkylation sites (tertiary alicyclic amines) is 1. The average molecular weight is 520 g/mol. The normalized spacial score (nSPS) is 17.2. The predicted molar refractivity (Wildman–Crippen MR) is 142 cm³/mol. The molecule has 1 saturated heterocycles. The highest BCUT2D eigenvalue weighted by Crippen LogP contribution is 2.34. The number of aliphatic hydroxyl groups excluding tert-OH is 1. The molecule has 0 radical (unpaired) electrons. The molecule has 2 atom stereocenters. The minimum Gasteiger partial charge on any atom is -0.489 e. The van der Waals surface area contributed by atoms with E-state index in [1.165, 1.54) is 0 Å². The van der Waals surface area contributed by atoms with E-state index >= 15 is 0 Å². The van der Waals surface area contributed by atoms with Crippen LogP contribution in [0.1, 0.15) is 47.7 Å². The summed E-state index contributed by atoms with van der Waals surface area (Å²) >= 11 is 6.42. The van der Waals surface area contributed by atoms with Crippen LogP contribution in [0.25, 0.3) is 11.3 Å². The second-order valence-corrected chi connectivity index (χ2v) is 10.1. The molecule has 0 spiro atoms. The summed E-state index contributed by atoms with van der Waals surface area (Å²) in [5.41, 5.74) is 2.47. The Morgan fingerprint density at radius 1 is 1.08 bits per heavy atom. The Labute approximate surface area is 221 Å². The molecule has 3 aromatic rings. The molecule has 2 fully saturated rings. The van der Waals surface area contributed by atoms with Gasteiger partial charge in [0.15, 0.2) is 0 Å². The summed E-state index contributed by atoms with van der Waals surface area (Å²) in [6, 6.07) is 16.9. The predicted octanol–water partition coefficient (Wildman–Crippen LogP) is 4.44. The molecular weight excluding hydrogens is 490 g/mol. The summed E-state index contributed by atoms with van der Waals surface area (Å²) in [6.45, 7) is 2.20. The van der Waals surface area contributed by atoms with Crippen molar-refractivity contribution >= 4 is 23.3 Å². The highest BCUT2D eigenvalue weighted by Gasteiger charge is 2.30. The van der Waals surface area contributed by atoms with E-state index in [4.69, 9.17) is 16.3 Å². The topological polar surface area (TPSA) is 91.8 Å². The minimum absolute atomic E-state index is 0.208. The second-order valence-electron chi connectivity index (χ2n) is 9.66. The first-order chi connectivity index (χ1) is 18.0. The van der Waals surface area contributed by atoms with Crippen molar-refractivity contribution in [3.8, 4) is 17.0 Å². The quantitative estimate of drug-likeness (QED) is 0.304. The van der Waals surface area contributed by atoms with Crippen molar-refractivity contribution in [3.63, 3.8) is 0 Å². The van der Waals surface area contributed by atoms with Gasteiger partial charge in [0.2, 0.25) is 5.78 Å². The molecular formula is C29H30ClN3O4. The van der Waals surface area contributed by atoms with Gasteiger partial charge in [-0.15, -0.1) is 0 Å². The van der Waals surface area contributed by atoms with Crippen molar-refractivity contribution in [2.45, 2.75) is 43.9 Å². The zero-order valence-electron chi connectivity index (χ0n) is 20.5. The van der Waals surface area contributed by atoms with E-state index in [0.29, 0.717) is 22.9 Å². The van der Waals surface area contributed by atoms with Gasteiger partial charge < -0.3 is 20.1 Å². The van der Waals surface area contributed by atoms with E-state index in [0.717, 1.165) is 50.0 Å². The lowest BCUT2D eigenvalue weighted by atomic mass is 10.0.